The summed E-state index contributed by atoms with van der Waals surface area (Å²) in [4.78, 5) is 12.4. The second-order valence-corrected chi connectivity index (χ2v) is 6.56. The van der Waals surface area contributed by atoms with Crippen molar-refractivity contribution in [2.45, 2.75) is 25.3 Å². The number of hydrogen-bond donors (Lipinski definition) is 2. The highest BCUT2D eigenvalue weighted by atomic mass is 16.5. The summed E-state index contributed by atoms with van der Waals surface area (Å²) < 4.78 is 10.6. The topological polar surface area (TPSA) is 73.6 Å². The SMILES string of the molecule is COc1ccc(C(C)(C)CNC(=O)C(N)c2ccccc2)cc1OC. The first-order valence-electron chi connectivity index (χ1n) is 8.20. The van der Waals surface area contributed by atoms with E-state index in [1.54, 1.807) is 14.2 Å². The number of nitrogens with two attached hydrogens (primary N) is 1. The van der Waals surface area contributed by atoms with Crippen LogP contribution in [-0.4, -0.2) is 26.7 Å². The molecule has 5 heteroatoms. The minimum atomic E-state index is -0.678. The molecule has 25 heavy (non-hydrogen) atoms. The van der Waals surface area contributed by atoms with Crippen molar-refractivity contribution in [2.24, 2.45) is 5.73 Å². The van der Waals surface area contributed by atoms with Crippen molar-refractivity contribution in [1.82, 2.24) is 5.32 Å². The number of amides is 1. The van der Waals surface area contributed by atoms with Crippen LogP contribution < -0.4 is 20.5 Å². The molecule has 2 aromatic rings. The maximum Gasteiger partial charge on any atom is 0.241 e. The third-order valence-electron chi connectivity index (χ3n) is 4.31. The average molecular weight is 342 g/mol. The molecule has 0 heterocycles. The summed E-state index contributed by atoms with van der Waals surface area (Å²) in [7, 11) is 3.21. The van der Waals surface area contributed by atoms with Crippen LogP contribution in [0.3, 0.4) is 0 Å². The molecule has 0 aromatic heterocycles. The lowest BCUT2D eigenvalue weighted by Gasteiger charge is -2.27. The first kappa shape index (κ1) is 18.8. The van der Waals surface area contributed by atoms with Crippen molar-refractivity contribution in [1.29, 1.82) is 0 Å². The highest BCUT2D eigenvalue weighted by molar-refractivity contribution is 5.83. The minimum Gasteiger partial charge on any atom is -0.493 e. The Morgan fingerprint density at radius 3 is 2.32 bits per heavy atom. The Balaban J connectivity index is 2.07. The van der Waals surface area contributed by atoms with Gasteiger partial charge in [0.25, 0.3) is 0 Å². The molecule has 2 aromatic carbocycles. The van der Waals surface area contributed by atoms with Crippen LogP contribution in [0.25, 0.3) is 0 Å². The van der Waals surface area contributed by atoms with E-state index in [1.165, 1.54) is 0 Å². The maximum atomic E-state index is 12.4. The van der Waals surface area contributed by atoms with Gasteiger partial charge in [0.1, 0.15) is 6.04 Å². The van der Waals surface area contributed by atoms with Gasteiger partial charge in [-0.15, -0.1) is 0 Å². The normalized spacial score (nSPS) is 12.4. The van der Waals surface area contributed by atoms with Gasteiger partial charge in [-0.3, -0.25) is 4.79 Å². The van der Waals surface area contributed by atoms with Gasteiger partial charge < -0.3 is 20.5 Å². The standard InChI is InChI=1S/C20H26N2O3/c1-20(2,15-10-11-16(24-3)17(12-15)25-4)13-22-19(23)18(21)14-8-6-5-7-9-14/h5-12,18H,13,21H2,1-4H3,(H,22,23). The second-order valence-electron chi connectivity index (χ2n) is 6.56. The maximum absolute atomic E-state index is 12.4. The molecule has 1 atom stereocenters. The largest absolute Gasteiger partial charge is 0.493 e. The summed E-state index contributed by atoms with van der Waals surface area (Å²) in [5.41, 5.74) is 7.59. The Morgan fingerprint density at radius 1 is 1.08 bits per heavy atom. The summed E-state index contributed by atoms with van der Waals surface area (Å²) in [5, 5.41) is 2.95. The predicted octanol–water partition coefficient (Wildman–Crippen LogP) is 2.80. The number of carbonyl (C=O) groups excluding carboxylic acids is 1. The lowest BCUT2D eigenvalue weighted by Crippen LogP contribution is -2.41. The van der Waals surface area contributed by atoms with Gasteiger partial charge in [-0.1, -0.05) is 50.2 Å². The molecule has 3 N–H and O–H groups in total. The summed E-state index contributed by atoms with van der Waals surface area (Å²) in [6.45, 7) is 4.58. The highest BCUT2D eigenvalue weighted by Gasteiger charge is 2.24. The Labute approximate surface area is 149 Å². The van der Waals surface area contributed by atoms with E-state index in [0.717, 1.165) is 11.1 Å². The molecule has 1 unspecified atom stereocenters. The quantitative estimate of drug-likeness (QED) is 0.811. The molecule has 1 amide bonds. The number of methoxy groups -OCH3 is 2. The molecule has 0 bridgehead atoms. The fraction of sp³-hybridized carbons (Fsp3) is 0.350. The summed E-state index contributed by atoms with van der Waals surface area (Å²) >= 11 is 0. The Bertz CT molecular complexity index is 714. The molecular weight excluding hydrogens is 316 g/mol. The van der Waals surface area contributed by atoms with Crippen molar-refractivity contribution in [3.05, 3.63) is 59.7 Å². The number of hydrogen-bond acceptors (Lipinski definition) is 4. The average Bonchev–Trinajstić information content (AvgIpc) is 2.65. The molecule has 0 saturated heterocycles. The molecule has 0 radical (unpaired) electrons. The van der Waals surface area contributed by atoms with Crippen LogP contribution >= 0.6 is 0 Å². The van der Waals surface area contributed by atoms with E-state index >= 15 is 0 Å². The highest BCUT2D eigenvalue weighted by Crippen LogP contribution is 2.32. The van der Waals surface area contributed by atoms with E-state index in [-0.39, 0.29) is 11.3 Å². The lowest BCUT2D eigenvalue weighted by atomic mass is 9.84. The number of ether oxygens (including phenoxy) is 2. The zero-order valence-electron chi connectivity index (χ0n) is 15.2. The molecule has 0 spiro atoms. The van der Waals surface area contributed by atoms with Crippen LogP contribution in [0.4, 0.5) is 0 Å². The first-order valence-corrected chi connectivity index (χ1v) is 8.20. The van der Waals surface area contributed by atoms with Gasteiger partial charge in [0.15, 0.2) is 11.5 Å². The molecule has 5 nitrogen and oxygen atoms in total. The van der Waals surface area contributed by atoms with E-state index in [1.807, 2.05) is 48.5 Å². The second kappa shape index (κ2) is 8.03. The summed E-state index contributed by atoms with van der Waals surface area (Å²) in [6, 6.07) is 14.4. The fourth-order valence-electron chi connectivity index (χ4n) is 2.59. The Hall–Kier alpha value is -2.53. The molecule has 2 rings (SSSR count). The van der Waals surface area contributed by atoms with Crippen molar-refractivity contribution in [3.63, 3.8) is 0 Å². The molecular formula is C20H26N2O3. The lowest BCUT2D eigenvalue weighted by molar-refractivity contribution is -0.122. The first-order chi connectivity index (χ1) is 11.9. The van der Waals surface area contributed by atoms with Crippen molar-refractivity contribution in [2.75, 3.05) is 20.8 Å². The van der Waals surface area contributed by atoms with Gasteiger partial charge in [0, 0.05) is 12.0 Å². The van der Waals surface area contributed by atoms with Gasteiger partial charge in [0.2, 0.25) is 5.91 Å². The fourth-order valence-corrected chi connectivity index (χ4v) is 2.59. The predicted molar refractivity (Wildman–Crippen MR) is 99.0 cm³/mol. The van der Waals surface area contributed by atoms with Gasteiger partial charge in [-0.05, 0) is 23.3 Å². The zero-order chi connectivity index (χ0) is 18.4. The smallest absolute Gasteiger partial charge is 0.241 e. The van der Waals surface area contributed by atoms with E-state index in [0.29, 0.717) is 18.0 Å². The van der Waals surface area contributed by atoms with Crippen molar-refractivity contribution in [3.8, 4) is 11.5 Å². The minimum absolute atomic E-state index is 0.195. The molecule has 0 fully saturated rings. The molecule has 134 valence electrons. The van der Waals surface area contributed by atoms with Crippen molar-refractivity contribution < 1.29 is 14.3 Å². The molecule has 0 saturated carbocycles. The molecule has 0 aliphatic carbocycles. The molecule has 0 aliphatic heterocycles. The van der Waals surface area contributed by atoms with E-state index in [4.69, 9.17) is 15.2 Å². The van der Waals surface area contributed by atoms with Crippen LogP contribution in [0, 0.1) is 0 Å². The zero-order valence-corrected chi connectivity index (χ0v) is 15.2. The number of benzene rings is 2. The van der Waals surface area contributed by atoms with Crippen LogP contribution in [0.15, 0.2) is 48.5 Å². The monoisotopic (exact) mass is 342 g/mol. The van der Waals surface area contributed by atoms with E-state index in [9.17, 15) is 4.79 Å². The van der Waals surface area contributed by atoms with Crippen LogP contribution in [0.5, 0.6) is 11.5 Å². The Morgan fingerprint density at radius 2 is 1.72 bits per heavy atom. The van der Waals surface area contributed by atoms with E-state index < -0.39 is 6.04 Å². The molecule has 0 aliphatic rings. The Kier molecular flexibility index (Phi) is 6.04. The van der Waals surface area contributed by atoms with Gasteiger partial charge >= 0.3 is 0 Å². The van der Waals surface area contributed by atoms with Crippen LogP contribution in [0.1, 0.15) is 31.0 Å². The summed E-state index contributed by atoms with van der Waals surface area (Å²) in [5.74, 6) is 1.15. The number of nitrogens with one attached hydrogen (secondary N) is 1. The van der Waals surface area contributed by atoms with Gasteiger partial charge in [0.05, 0.1) is 14.2 Å². The van der Waals surface area contributed by atoms with E-state index in [2.05, 4.69) is 19.2 Å². The number of carbonyl (C=O) groups is 1. The van der Waals surface area contributed by atoms with Crippen LogP contribution in [-0.2, 0) is 10.2 Å². The summed E-state index contributed by atoms with van der Waals surface area (Å²) in [6.07, 6.45) is 0. The van der Waals surface area contributed by atoms with Gasteiger partial charge in [-0.25, -0.2) is 0 Å². The third kappa shape index (κ3) is 4.51. The third-order valence-corrected chi connectivity index (χ3v) is 4.31. The van der Waals surface area contributed by atoms with Crippen LogP contribution in [0.2, 0.25) is 0 Å². The van der Waals surface area contributed by atoms with Crippen molar-refractivity contribution >= 4 is 5.91 Å². The van der Waals surface area contributed by atoms with Gasteiger partial charge in [-0.2, -0.15) is 0 Å². The number of rotatable bonds is 7.